The van der Waals surface area contributed by atoms with Gasteiger partial charge in [-0.25, -0.2) is 4.39 Å². The molecule has 112 valence electrons. The molecule has 0 aliphatic rings. The molecule has 0 spiro atoms. The summed E-state index contributed by atoms with van der Waals surface area (Å²) in [6.45, 7) is 5.10. The lowest BCUT2D eigenvalue weighted by Gasteiger charge is -2.12. The highest BCUT2D eigenvalue weighted by molar-refractivity contribution is 5.31. The normalized spacial score (nSPS) is 12.2. The van der Waals surface area contributed by atoms with Crippen molar-refractivity contribution >= 4 is 0 Å². The van der Waals surface area contributed by atoms with Crippen molar-refractivity contribution in [2.24, 2.45) is 5.73 Å². The first kappa shape index (κ1) is 15.5. The monoisotopic (exact) mass is 287 g/mol. The summed E-state index contributed by atoms with van der Waals surface area (Å²) in [5.41, 5.74) is 8.65. The third-order valence-corrected chi connectivity index (χ3v) is 3.84. The molecule has 0 fully saturated rings. The summed E-state index contributed by atoms with van der Waals surface area (Å²) < 4.78 is 18.9. The lowest BCUT2D eigenvalue weighted by atomic mass is 9.99. The van der Waals surface area contributed by atoms with Crippen molar-refractivity contribution in [2.75, 3.05) is 0 Å². The maximum atomic E-state index is 13.2. The summed E-state index contributed by atoms with van der Waals surface area (Å²) in [5, 5.41) is 0. The van der Waals surface area contributed by atoms with E-state index >= 15 is 0 Å². The number of hydrogen-bond acceptors (Lipinski definition) is 2. The minimum atomic E-state index is -0.267. The van der Waals surface area contributed by atoms with Gasteiger partial charge in [-0.2, -0.15) is 0 Å². The standard InChI is InChI=1S/C18H22FNO/c1-3-13(2)14-5-8-18(9-6-14)21-12-15-4-7-17(19)10-16(15)11-20/h4-10,13H,3,11-12,20H2,1-2H3. The SMILES string of the molecule is CCC(C)c1ccc(OCc2ccc(F)cc2CN)cc1. The molecular weight excluding hydrogens is 265 g/mol. The minimum Gasteiger partial charge on any atom is -0.489 e. The Hall–Kier alpha value is -1.87. The van der Waals surface area contributed by atoms with Crippen LogP contribution >= 0.6 is 0 Å². The molecule has 0 aromatic heterocycles. The molecule has 0 radical (unpaired) electrons. The molecule has 2 aromatic rings. The van der Waals surface area contributed by atoms with Crippen molar-refractivity contribution < 1.29 is 9.13 Å². The molecule has 0 aliphatic heterocycles. The topological polar surface area (TPSA) is 35.2 Å². The predicted molar refractivity (Wildman–Crippen MR) is 83.8 cm³/mol. The zero-order chi connectivity index (χ0) is 15.2. The quantitative estimate of drug-likeness (QED) is 0.856. The van der Waals surface area contributed by atoms with Crippen LogP contribution in [0.4, 0.5) is 4.39 Å². The fraction of sp³-hybridized carbons (Fsp3) is 0.333. The molecular formula is C18H22FNO. The largest absolute Gasteiger partial charge is 0.489 e. The van der Waals surface area contributed by atoms with Crippen molar-refractivity contribution in [3.05, 3.63) is 65.0 Å². The van der Waals surface area contributed by atoms with Crippen LogP contribution in [-0.4, -0.2) is 0 Å². The molecule has 21 heavy (non-hydrogen) atoms. The van der Waals surface area contributed by atoms with Gasteiger partial charge in [0.05, 0.1) is 0 Å². The molecule has 0 amide bonds. The summed E-state index contributed by atoms with van der Waals surface area (Å²) in [7, 11) is 0. The van der Waals surface area contributed by atoms with Crippen LogP contribution in [0.3, 0.4) is 0 Å². The van der Waals surface area contributed by atoms with Crippen LogP contribution in [0.5, 0.6) is 5.75 Å². The lowest BCUT2D eigenvalue weighted by molar-refractivity contribution is 0.304. The van der Waals surface area contributed by atoms with Crippen LogP contribution in [0.25, 0.3) is 0 Å². The van der Waals surface area contributed by atoms with Crippen molar-refractivity contribution in [1.82, 2.24) is 0 Å². The Morgan fingerprint density at radius 1 is 1.10 bits per heavy atom. The van der Waals surface area contributed by atoms with E-state index in [-0.39, 0.29) is 5.82 Å². The van der Waals surface area contributed by atoms with Gasteiger partial charge in [-0.1, -0.05) is 32.0 Å². The Labute approximate surface area is 125 Å². The molecule has 1 atom stereocenters. The van der Waals surface area contributed by atoms with Crippen LogP contribution in [-0.2, 0) is 13.2 Å². The maximum absolute atomic E-state index is 13.2. The summed E-state index contributed by atoms with van der Waals surface area (Å²) in [4.78, 5) is 0. The highest BCUT2D eigenvalue weighted by Crippen LogP contribution is 2.22. The van der Waals surface area contributed by atoms with Gasteiger partial charge in [0, 0.05) is 6.54 Å². The molecule has 1 unspecified atom stereocenters. The molecule has 2 rings (SSSR count). The van der Waals surface area contributed by atoms with E-state index in [0.29, 0.717) is 19.1 Å². The van der Waals surface area contributed by atoms with Crippen LogP contribution in [0.1, 0.15) is 42.9 Å². The zero-order valence-corrected chi connectivity index (χ0v) is 12.6. The average molecular weight is 287 g/mol. The Morgan fingerprint density at radius 2 is 1.81 bits per heavy atom. The molecule has 0 aliphatic carbocycles. The number of halogens is 1. The van der Waals surface area contributed by atoms with E-state index in [0.717, 1.165) is 23.3 Å². The second kappa shape index (κ2) is 7.23. The third-order valence-electron chi connectivity index (χ3n) is 3.84. The van der Waals surface area contributed by atoms with Crippen molar-refractivity contribution in [1.29, 1.82) is 0 Å². The average Bonchev–Trinajstić information content (AvgIpc) is 2.53. The predicted octanol–water partition coefficient (Wildman–Crippen LogP) is 4.38. The van der Waals surface area contributed by atoms with Crippen molar-refractivity contribution in [3.8, 4) is 5.75 Å². The van der Waals surface area contributed by atoms with Gasteiger partial charge in [-0.3, -0.25) is 0 Å². The van der Waals surface area contributed by atoms with Crippen LogP contribution in [0.15, 0.2) is 42.5 Å². The van der Waals surface area contributed by atoms with Gasteiger partial charge in [0.2, 0.25) is 0 Å². The van der Waals surface area contributed by atoms with Gasteiger partial charge in [-0.15, -0.1) is 0 Å². The molecule has 0 bridgehead atoms. The summed E-state index contributed by atoms with van der Waals surface area (Å²) in [6.07, 6.45) is 1.12. The molecule has 0 saturated heterocycles. The fourth-order valence-electron chi connectivity index (χ4n) is 2.21. The molecule has 0 heterocycles. The van der Waals surface area contributed by atoms with E-state index in [1.807, 2.05) is 12.1 Å². The Balaban J connectivity index is 2.03. The van der Waals surface area contributed by atoms with Crippen LogP contribution in [0, 0.1) is 5.82 Å². The van der Waals surface area contributed by atoms with Crippen LogP contribution in [0.2, 0.25) is 0 Å². The van der Waals surface area contributed by atoms with E-state index in [9.17, 15) is 4.39 Å². The number of hydrogen-bond donors (Lipinski definition) is 1. The zero-order valence-electron chi connectivity index (χ0n) is 12.6. The van der Waals surface area contributed by atoms with Gasteiger partial charge < -0.3 is 10.5 Å². The highest BCUT2D eigenvalue weighted by atomic mass is 19.1. The minimum absolute atomic E-state index is 0.267. The Kier molecular flexibility index (Phi) is 5.34. The van der Waals surface area contributed by atoms with Crippen molar-refractivity contribution in [3.63, 3.8) is 0 Å². The number of benzene rings is 2. The second-order valence-corrected chi connectivity index (χ2v) is 5.28. The number of nitrogens with two attached hydrogens (primary N) is 1. The van der Waals surface area contributed by atoms with Gasteiger partial charge in [-0.05, 0) is 53.3 Å². The Bertz CT molecular complexity index is 580. The first-order valence-corrected chi connectivity index (χ1v) is 7.34. The highest BCUT2D eigenvalue weighted by Gasteiger charge is 2.05. The molecule has 2 aromatic carbocycles. The van der Waals surface area contributed by atoms with Gasteiger partial charge in [0.1, 0.15) is 18.2 Å². The molecule has 2 N–H and O–H groups in total. The first-order chi connectivity index (χ1) is 10.1. The fourth-order valence-corrected chi connectivity index (χ4v) is 2.21. The molecule has 2 nitrogen and oxygen atoms in total. The Morgan fingerprint density at radius 3 is 2.43 bits per heavy atom. The number of ether oxygens (including phenoxy) is 1. The van der Waals surface area contributed by atoms with Gasteiger partial charge >= 0.3 is 0 Å². The third kappa shape index (κ3) is 4.05. The van der Waals surface area contributed by atoms with E-state index in [1.54, 1.807) is 6.07 Å². The van der Waals surface area contributed by atoms with E-state index in [2.05, 4.69) is 26.0 Å². The molecule has 3 heteroatoms. The van der Waals surface area contributed by atoms with Gasteiger partial charge in [0.25, 0.3) is 0 Å². The van der Waals surface area contributed by atoms with E-state index in [1.165, 1.54) is 17.7 Å². The second-order valence-electron chi connectivity index (χ2n) is 5.28. The van der Waals surface area contributed by atoms with Crippen LogP contribution < -0.4 is 10.5 Å². The summed E-state index contributed by atoms with van der Waals surface area (Å²) in [5.74, 6) is 1.10. The molecule has 0 saturated carbocycles. The first-order valence-electron chi connectivity index (χ1n) is 7.34. The smallest absolute Gasteiger partial charge is 0.123 e. The maximum Gasteiger partial charge on any atom is 0.123 e. The van der Waals surface area contributed by atoms with Crippen molar-refractivity contribution in [2.45, 2.75) is 39.3 Å². The van der Waals surface area contributed by atoms with E-state index < -0.39 is 0 Å². The number of rotatable bonds is 6. The lowest BCUT2D eigenvalue weighted by Crippen LogP contribution is -2.05. The summed E-state index contributed by atoms with van der Waals surface area (Å²) >= 11 is 0. The summed E-state index contributed by atoms with van der Waals surface area (Å²) in [6, 6.07) is 12.8. The van der Waals surface area contributed by atoms with Gasteiger partial charge in [0.15, 0.2) is 0 Å². The van der Waals surface area contributed by atoms with E-state index in [4.69, 9.17) is 10.5 Å².